The van der Waals surface area contributed by atoms with Crippen molar-refractivity contribution in [3.05, 3.63) is 0 Å². The van der Waals surface area contributed by atoms with Crippen LogP contribution in [-0.2, 0) is 18.4 Å². The summed E-state index contributed by atoms with van der Waals surface area (Å²) in [6.07, 6.45) is 0.696. The van der Waals surface area contributed by atoms with E-state index in [1.54, 1.807) is 0 Å². The van der Waals surface area contributed by atoms with Gasteiger partial charge in [0.05, 0.1) is 12.1 Å². The number of esters is 1. The Labute approximate surface area is 99.5 Å². The first-order valence-corrected chi connectivity index (χ1v) is 8.39. The van der Waals surface area contributed by atoms with Gasteiger partial charge in [0, 0.05) is 13.2 Å². The number of rotatable bonds is 8. The van der Waals surface area contributed by atoms with E-state index in [4.69, 9.17) is 13.6 Å². The first kappa shape index (κ1) is 15.6. The molecular weight excluding hydrogens is 224 g/mol. The molecule has 0 heterocycles. The Morgan fingerprint density at radius 3 is 1.88 bits per heavy atom. The van der Waals surface area contributed by atoms with Gasteiger partial charge in [-0.25, -0.2) is 0 Å². The van der Waals surface area contributed by atoms with Gasteiger partial charge in [0.25, 0.3) is 0 Å². The number of hydrogen-bond donors (Lipinski definition) is 0. The fraction of sp³-hybridized carbons (Fsp3) is 0.909. The van der Waals surface area contributed by atoms with Crippen LogP contribution in [0.1, 0.15) is 34.1 Å². The lowest BCUT2D eigenvalue weighted by atomic mass is 10.3. The Morgan fingerprint density at radius 2 is 1.56 bits per heavy atom. The van der Waals surface area contributed by atoms with Crippen LogP contribution in [0.25, 0.3) is 0 Å². The zero-order chi connectivity index (χ0) is 12.6. The van der Waals surface area contributed by atoms with E-state index in [1.165, 1.54) is 0 Å². The Morgan fingerprint density at radius 1 is 1.06 bits per heavy atom. The summed E-state index contributed by atoms with van der Waals surface area (Å²) in [5.41, 5.74) is -0.243. The van der Waals surface area contributed by atoms with E-state index in [0.717, 1.165) is 0 Å². The van der Waals surface area contributed by atoms with Crippen LogP contribution in [0.15, 0.2) is 0 Å². The molecule has 0 aromatic heterocycles. The molecule has 1 unspecified atom stereocenters. The van der Waals surface area contributed by atoms with E-state index < -0.39 is 8.56 Å². The molecule has 96 valence electrons. The smallest absolute Gasteiger partial charge is 0.349 e. The maximum atomic E-state index is 11.8. The monoisotopic (exact) mass is 248 g/mol. The van der Waals surface area contributed by atoms with Gasteiger partial charge in [-0.05, 0) is 33.7 Å². The number of carbonyl (C=O) groups excluding carboxylic acids is 1. The molecule has 0 aromatic rings. The van der Waals surface area contributed by atoms with E-state index in [1.807, 2.05) is 34.2 Å². The number of hydrogen-bond acceptors (Lipinski definition) is 4. The summed E-state index contributed by atoms with van der Waals surface area (Å²) in [5, 5.41) is 0. The van der Waals surface area contributed by atoms with Gasteiger partial charge in [0.15, 0.2) is 0 Å². The normalized spacial score (nSPS) is 13.6. The second-order valence-electron chi connectivity index (χ2n) is 3.59. The third kappa shape index (κ3) is 4.23. The van der Waals surface area contributed by atoms with Crippen molar-refractivity contribution < 1.29 is 18.4 Å². The molecule has 0 fully saturated rings. The van der Waals surface area contributed by atoms with Crippen molar-refractivity contribution in [3.63, 3.8) is 0 Å². The minimum Gasteiger partial charge on any atom is -0.466 e. The van der Waals surface area contributed by atoms with E-state index in [-0.39, 0.29) is 11.5 Å². The largest absolute Gasteiger partial charge is 0.466 e. The van der Waals surface area contributed by atoms with Crippen LogP contribution in [0, 0.1) is 0 Å². The topological polar surface area (TPSA) is 44.8 Å². The van der Waals surface area contributed by atoms with Crippen LogP contribution >= 0.6 is 0 Å². The van der Waals surface area contributed by atoms with E-state index >= 15 is 0 Å². The zero-order valence-electron chi connectivity index (χ0n) is 11.0. The summed E-state index contributed by atoms with van der Waals surface area (Å²) >= 11 is 0. The van der Waals surface area contributed by atoms with Crippen molar-refractivity contribution in [2.24, 2.45) is 0 Å². The van der Waals surface area contributed by atoms with Crippen LogP contribution < -0.4 is 0 Å². The molecule has 16 heavy (non-hydrogen) atoms. The van der Waals surface area contributed by atoms with Gasteiger partial charge in [-0.2, -0.15) is 0 Å². The predicted octanol–water partition coefficient (Wildman–Crippen LogP) is 2.47. The maximum Gasteiger partial charge on any atom is 0.349 e. The van der Waals surface area contributed by atoms with Gasteiger partial charge >= 0.3 is 14.5 Å². The van der Waals surface area contributed by atoms with E-state index in [2.05, 4.69) is 0 Å². The van der Waals surface area contributed by atoms with Gasteiger partial charge in [-0.1, -0.05) is 6.92 Å². The highest BCUT2D eigenvalue weighted by Crippen LogP contribution is 2.29. The molecule has 0 saturated carbocycles. The Bertz CT molecular complexity index is 202. The van der Waals surface area contributed by atoms with Crippen molar-refractivity contribution >= 4 is 14.5 Å². The summed E-state index contributed by atoms with van der Waals surface area (Å²) in [6, 6.07) is 0. The van der Waals surface area contributed by atoms with Gasteiger partial charge < -0.3 is 13.6 Å². The summed E-state index contributed by atoms with van der Waals surface area (Å²) in [4.78, 5) is 11.8. The van der Waals surface area contributed by atoms with Crippen molar-refractivity contribution in [3.8, 4) is 0 Å². The second kappa shape index (κ2) is 7.81. The summed E-state index contributed by atoms with van der Waals surface area (Å²) in [6.45, 7) is 11.1. The Balaban J connectivity index is 4.75. The lowest BCUT2D eigenvalue weighted by Crippen LogP contribution is -2.47. The summed E-state index contributed by atoms with van der Waals surface area (Å²) in [5.74, 6) is -0.193. The van der Waals surface area contributed by atoms with Crippen LogP contribution in [0.2, 0.25) is 12.1 Å². The Hall–Kier alpha value is -0.393. The molecule has 0 aliphatic carbocycles. The van der Waals surface area contributed by atoms with E-state index in [0.29, 0.717) is 26.2 Å². The number of ether oxygens (including phenoxy) is 1. The SMILES string of the molecule is CCOC(=O)C(CC)[Si](C)(OCC)OCC. The molecule has 0 amide bonds. The highest BCUT2D eigenvalue weighted by atomic mass is 28.4. The molecule has 0 spiro atoms. The summed E-state index contributed by atoms with van der Waals surface area (Å²) in [7, 11) is -2.45. The zero-order valence-corrected chi connectivity index (χ0v) is 12.0. The molecule has 0 radical (unpaired) electrons. The standard InChI is InChI=1S/C11H24O4Si/c1-6-10(11(12)13-7-2)16(5,14-8-3)15-9-4/h10H,6-9H2,1-5H3. The lowest BCUT2D eigenvalue weighted by Gasteiger charge is -2.31. The molecule has 0 N–H and O–H groups in total. The maximum absolute atomic E-state index is 11.8. The molecule has 0 aromatic carbocycles. The van der Waals surface area contributed by atoms with Crippen molar-refractivity contribution in [2.45, 2.75) is 46.2 Å². The Kier molecular flexibility index (Phi) is 7.62. The average Bonchev–Trinajstić information content (AvgIpc) is 2.19. The van der Waals surface area contributed by atoms with Crippen LogP contribution in [0.3, 0.4) is 0 Å². The first-order chi connectivity index (χ1) is 7.55. The molecule has 5 heteroatoms. The molecule has 0 aliphatic heterocycles. The van der Waals surface area contributed by atoms with Crippen molar-refractivity contribution in [1.82, 2.24) is 0 Å². The minimum absolute atomic E-state index is 0.193. The minimum atomic E-state index is -2.45. The molecule has 0 saturated heterocycles. The third-order valence-corrected chi connectivity index (χ3v) is 6.11. The molecule has 0 rings (SSSR count). The van der Waals surface area contributed by atoms with Crippen molar-refractivity contribution in [1.29, 1.82) is 0 Å². The molecule has 0 bridgehead atoms. The number of carbonyl (C=O) groups is 1. The van der Waals surface area contributed by atoms with Gasteiger partial charge in [-0.15, -0.1) is 0 Å². The predicted molar refractivity (Wildman–Crippen MR) is 65.5 cm³/mol. The summed E-state index contributed by atoms with van der Waals surface area (Å²) < 4.78 is 16.5. The van der Waals surface area contributed by atoms with Gasteiger partial charge in [0.1, 0.15) is 0 Å². The van der Waals surface area contributed by atoms with Crippen molar-refractivity contribution in [2.75, 3.05) is 19.8 Å². The lowest BCUT2D eigenvalue weighted by molar-refractivity contribution is -0.144. The molecule has 4 nitrogen and oxygen atoms in total. The second-order valence-corrected chi connectivity index (χ2v) is 6.90. The molecule has 1 atom stereocenters. The highest BCUT2D eigenvalue weighted by Gasteiger charge is 2.45. The van der Waals surface area contributed by atoms with Crippen LogP contribution in [-0.4, -0.2) is 34.4 Å². The fourth-order valence-electron chi connectivity index (χ4n) is 1.81. The molecular formula is C11H24O4Si. The average molecular weight is 248 g/mol. The molecule has 0 aliphatic rings. The van der Waals surface area contributed by atoms with Gasteiger partial charge in [-0.3, -0.25) is 4.79 Å². The van der Waals surface area contributed by atoms with Crippen LogP contribution in [0.5, 0.6) is 0 Å². The quantitative estimate of drug-likeness (QED) is 0.489. The first-order valence-electron chi connectivity index (χ1n) is 6.00. The van der Waals surface area contributed by atoms with Gasteiger partial charge in [0.2, 0.25) is 0 Å². The fourth-order valence-corrected chi connectivity index (χ4v) is 4.70. The van der Waals surface area contributed by atoms with Crippen LogP contribution in [0.4, 0.5) is 0 Å². The highest BCUT2D eigenvalue weighted by molar-refractivity contribution is 6.71. The van der Waals surface area contributed by atoms with E-state index in [9.17, 15) is 4.79 Å². The third-order valence-electron chi connectivity index (χ3n) is 2.47.